The maximum Gasteiger partial charge on any atom is 0.414 e. The highest BCUT2D eigenvalue weighted by atomic mass is 19.1. The van der Waals surface area contributed by atoms with Gasteiger partial charge in [0.1, 0.15) is 17.3 Å². The predicted octanol–water partition coefficient (Wildman–Crippen LogP) is 3.62. The Morgan fingerprint density at radius 3 is 2.70 bits per heavy atom. The van der Waals surface area contributed by atoms with E-state index in [2.05, 4.69) is 15.5 Å². The fraction of sp³-hybridized carbons (Fsp3) is 0.286. The number of aromatic nitrogens is 2. The maximum absolute atomic E-state index is 13.2. The van der Waals surface area contributed by atoms with Crippen molar-refractivity contribution in [3.8, 4) is 17.1 Å². The third-order valence-electron chi connectivity index (χ3n) is 4.87. The molecule has 2 N–H and O–H groups in total. The van der Waals surface area contributed by atoms with Crippen LogP contribution in [0.4, 0.5) is 9.18 Å². The minimum absolute atomic E-state index is 0.000219. The molecular weight excluding hydrogens is 393 g/mol. The molecule has 0 atom stereocenters. The molecule has 4 rings (SSSR count). The number of benzene rings is 1. The van der Waals surface area contributed by atoms with E-state index >= 15 is 0 Å². The molecule has 1 aliphatic heterocycles. The van der Waals surface area contributed by atoms with E-state index < -0.39 is 11.9 Å². The Morgan fingerprint density at radius 1 is 1.23 bits per heavy atom. The minimum atomic E-state index is -0.601. The Balaban J connectivity index is 1.48. The summed E-state index contributed by atoms with van der Waals surface area (Å²) >= 11 is 0. The van der Waals surface area contributed by atoms with Crippen LogP contribution in [0.1, 0.15) is 34.5 Å². The van der Waals surface area contributed by atoms with Gasteiger partial charge in [-0.3, -0.25) is 4.79 Å². The summed E-state index contributed by atoms with van der Waals surface area (Å²) < 4.78 is 28.9. The molecule has 1 fully saturated rings. The topological polar surface area (TPSA) is 106 Å². The first-order chi connectivity index (χ1) is 14.5. The second-order valence-electron chi connectivity index (χ2n) is 6.97. The number of aryl methyl sites for hydroxylation is 1. The molecule has 2 aromatic heterocycles. The molecule has 9 heteroatoms. The molecular formula is C21H20FN3O5. The van der Waals surface area contributed by atoms with Crippen molar-refractivity contribution in [1.82, 2.24) is 15.5 Å². The van der Waals surface area contributed by atoms with E-state index in [0.717, 1.165) is 12.8 Å². The lowest BCUT2D eigenvalue weighted by atomic mass is 10.00. The number of aromatic amines is 1. The normalized spacial score (nSPS) is 14.5. The minimum Gasteiger partial charge on any atom is -0.393 e. The Kier molecular flexibility index (Phi) is 5.62. The maximum atomic E-state index is 13.2. The van der Waals surface area contributed by atoms with Crippen LogP contribution in [0.3, 0.4) is 0 Å². The number of nitrogens with zero attached hydrogens (tertiary/aromatic N) is 1. The van der Waals surface area contributed by atoms with E-state index in [1.165, 1.54) is 36.5 Å². The van der Waals surface area contributed by atoms with Gasteiger partial charge >= 0.3 is 6.09 Å². The molecule has 0 saturated carbocycles. The summed E-state index contributed by atoms with van der Waals surface area (Å²) in [5, 5.41) is 6.72. The van der Waals surface area contributed by atoms with E-state index in [4.69, 9.17) is 14.0 Å². The van der Waals surface area contributed by atoms with Gasteiger partial charge in [-0.25, -0.2) is 9.18 Å². The number of H-pyrrole nitrogens is 1. The van der Waals surface area contributed by atoms with Gasteiger partial charge in [0.05, 0.1) is 5.56 Å². The van der Waals surface area contributed by atoms with Crippen LogP contribution in [0.2, 0.25) is 0 Å². The highest BCUT2D eigenvalue weighted by Crippen LogP contribution is 2.28. The van der Waals surface area contributed by atoms with Crippen molar-refractivity contribution in [1.29, 1.82) is 0 Å². The molecule has 8 nitrogen and oxygen atoms in total. The number of nitrogens with one attached hydrogen (secondary N) is 2. The van der Waals surface area contributed by atoms with Crippen LogP contribution < -0.4 is 10.1 Å². The van der Waals surface area contributed by atoms with Gasteiger partial charge in [-0.05, 0) is 44.0 Å². The molecule has 0 spiro atoms. The van der Waals surface area contributed by atoms with Crippen molar-refractivity contribution in [3.63, 3.8) is 0 Å². The second-order valence-corrected chi connectivity index (χ2v) is 6.97. The lowest BCUT2D eigenvalue weighted by molar-refractivity contribution is 0.0777. The summed E-state index contributed by atoms with van der Waals surface area (Å²) in [7, 11) is 0. The number of carbonyl (C=O) groups excluding carboxylic acids is 2. The Morgan fingerprint density at radius 2 is 1.97 bits per heavy atom. The number of carbonyl (C=O) groups is 2. The fourth-order valence-electron chi connectivity index (χ4n) is 3.29. The lowest BCUT2D eigenvalue weighted by Gasteiger charge is -2.22. The SMILES string of the molecule is Cc1onc(-c2ccc(F)cc2)c1C(=O)c1c[nH]c(OC(=O)NC2CCOCC2)c1. The van der Waals surface area contributed by atoms with E-state index in [0.29, 0.717) is 30.2 Å². The molecule has 3 aromatic rings. The zero-order valence-corrected chi connectivity index (χ0v) is 16.2. The zero-order valence-electron chi connectivity index (χ0n) is 16.2. The summed E-state index contributed by atoms with van der Waals surface area (Å²) in [5.74, 6) is -0.275. The van der Waals surface area contributed by atoms with Gasteiger partial charge in [0, 0.05) is 42.6 Å². The molecule has 156 valence electrons. The van der Waals surface area contributed by atoms with E-state index in [9.17, 15) is 14.0 Å². The Hall–Kier alpha value is -3.46. The van der Waals surface area contributed by atoms with Crippen LogP contribution in [0.25, 0.3) is 11.3 Å². The smallest absolute Gasteiger partial charge is 0.393 e. The zero-order chi connectivity index (χ0) is 21.1. The number of amides is 1. The van der Waals surface area contributed by atoms with Crippen molar-refractivity contribution in [2.24, 2.45) is 0 Å². The first-order valence-corrected chi connectivity index (χ1v) is 9.52. The monoisotopic (exact) mass is 413 g/mol. The van der Waals surface area contributed by atoms with E-state index in [1.807, 2.05) is 0 Å². The molecule has 1 aliphatic rings. The molecule has 0 radical (unpaired) electrons. The number of hydrogen-bond donors (Lipinski definition) is 2. The average molecular weight is 413 g/mol. The molecule has 3 heterocycles. The van der Waals surface area contributed by atoms with Crippen LogP contribution in [0.5, 0.6) is 5.88 Å². The predicted molar refractivity (Wildman–Crippen MR) is 104 cm³/mol. The molecule has 1 amide bonds. The van der Waals surface area contributed by atoms with Crippen LogP contribution >= 0.6 is 0 Å². The van der Waals surface area contributed by atoms with Crippen molar-refractivity contribution in [2.45, 2.75) is 25.8 Å². The third-order valence-corrected chi connectivity index (χ3v) is 4.87. The molecule has 1 aromatic carbocycles. The van der Waals surface area contributed by atoms with Crippen molar-refractivity contribution >= 4 is 11.9 Å². The van der Waals surface area contributed by atoms with Gasteiger partial charge in [-0.2, -0.15) is 0 Å². The van der Waals surface area contributed by atoms with Crippen LogP contribution in [0.15, 0.2) is 41.1 Å². The van der Waals surface area contributed by atoms with Crippen molar-refractivity contribution < 1.29 is 28.0 Å². The summed E-state index contributed by atoms with van der Waals surface area (Å²) in [6.45, 7) is 2.82. The molecule has 30 heavy (non-hydrogen) atoms. The van der Waals surface area contributed by atoms with Crippen LogP contribution in [0, 0.1) is 12.7 Å². The number of hydrogen-bond acceptors (Lipinski definition) is 6. The number of ether oxygens (including phenoxy) is 2. The second kappa shape index (κ2) is 8.50. The van der Waals surface area contributed by atoms with Gasteiger partial charge < -0.3 is 24.3 Å². The summed E-state index contributed by atoms with van der Waals surface area (Å²) in [6.07, 6.45) is 2.29. The Labute approximate surface area is 171 Å². The summed E-state index contributed by atoms with van der Waals surface area (Å²) in [6, 6.07) is 7.05. The van der Waals surface area contributed by atoms with Crippen LogP contribution in [-0.4, -0.2) is 41.3 Å². The number of rotatable bonds is 5. The van der Waals surface area contributed by atoms with Crippen LogP contribution in [-0.2, 0) is 4.74 Å². The molecule has 1 saturated heterocycles. The average Bonchev–Trinajstić information content (AvgIpc) is 3.35. The standard InChI is InChI=1S/C21H20FN3O5/c1-12-18(19(25-30-12)13-2-4-15(22)5-3-13)20(26)14-10-17(23-11-14)29-21(27)24-16-6-8-28-9-7-16/h2-5,10-11,16,23H,6-9H2,1H3,(H,24,27). The van der Waals surface area contributed by atoms with Gasteiger partial charge in [-0.1, -0.05) is 5.16 Å². The first-order valence-electron chi connectivity index (χ1n) is 9.52. The van der Waals surface area contributed by atoms with Crippen molar-refractivity contribution in [2.75, 3.05) is 13.2 Å². The van der Waals surface area contributed by atoms with Gasteiger partial charge in [0.15, 0.2) is 0 Å². The fourth-order valence-corrected chi connectivity index (χ4v) is 3.29. The van der Waals surface area contributed by atoms with E-state index in [-0.39, 0.29) is 28.8 Å². The number of ketones is 1. The van der Waals surface area contributed by atoms with Gasteiger partial charge in [0.25, 0.3) is 0 Å². The van der Waals surface area contributed by atoms with E-state index in [1.54, 1.807) is 6.92 Å². The first kappa shape index (κ1) is 19.8. The summed E-state index contributed by atoms with van der Waals surface area (Å²) in [5.41, 5.74) is 1.41. The van der Waals surface area contributed by atoms with Gasteiger partial charge in [0.2, 0.25) is 11.7 Å². The quantitative estimate of drug-likeness (QED) is 0.619. The Bertz CT molecular complexity index is 1050. The number of halogens is 1. The highest BCUT2D eigenvalue weighted by molar-refractivity contribution is 6.13. The van der Waals surface area contributed by atoms with Gasteiger partial charge in [-0.15, -0.1) is 0 Å². The summed E-state index contributed by atoms with van der Waals surface area (Å²) in [4.78, 5) is 27.9. The largest absolute Gasteiger partial charge is 0.414 e. The molecule has 0 bridgehead atoms. The third kappa shape index (κ3) is 4.25. The lowest BCUT2D eigenvalue weighted by Crippen LogP contribution is -2.40. The van der Waals surface area contributed by atoms with Crippen molar-refractivity contribution in [3.05, 3.63) is 59.2 Å². The molecule has 0 unspecified atom stereocenters. The molecule has 0 aliphatic carbocycles. The highest BCUT2D eigenvalue weighted by Gasteiger charge is 2.24.